The molecule has 0 N–H and O–H groups in total. The fourth-order valence-electron chi connectivity index (χ4n) is 0.760. The van der Waals surface area contributed by atoms with Gasteiger partial charge < -0.3 is 0 Å². The zero-order chi connectivity index (χ0) is 9.84. The Morgan fingerprint density at radius 1 is 1.62 bits per heavy atom. The van der Waals surface area contributed by atoms with E-state index in [1.165, 1.54) is 12.4 Å². The molecule has 0 bridgehead atoms. The molecule has 0 amide bonds. The quantitative estimate of drug-likeness (QED) is 0.466. The number of thiol groups is 1. The van der Waals surface area contributed by atoms with Crippen molar-refractivity contribution < 1.29 is 4.79 Å². The van der Waals surface area contributed by atoms with E-state index in [-0.39, 0.29) is 5.12 Å². The first-order chi connectivity index (χ1) is 6.13. The molecule has 1 atom stereocenters. The number of carbonyl (C=O) groups is 1. The van der Waals surface area contributed by atoms with E-state index in [0.29, 0.717) is 10.6 Å². The molecule has 0 saturated carbocycles. The topological polar surface area (TPSA) is 42.9 Å². The maximum Gasteiger partial charge on any atom is 0.194 e. The predicted octanol–water partition coefficient (Wildman–Crippen LogP) is 1.29. The largest absolute Gasteiger partial charge is 0.287 e. The maximum absolute atomic E-state index is 10.9. The van der Waals surface area contributed by atoms with Gasteiger partial charge in [-0.3, -0.25) is 14.8 Å². The second kappa shape index (κ2) is 4.43. The van der Waals surface area contributed by atoms with E-state index in [4.69, 9.17) is 12.2 Å². The molecular formula is C8H8N2OS2. The van der Waals surface area contributed by atoms with Gasteiger partial charge >= 0.3 is 0 Å². The number of hydrogen-bond donors (Lipinski definition) is 1. The summed E-state index contributed by atoms with van der Waals surface area (Å²) in [4.78, 5) is 19.2. The monoisotopic (exact) mass is 212 g/mol. The number of aromatic nitrogens is 2. The van der Waals surface area contributed by atoms with E-state index in [1.807, 2.05) is 0 Å². The number of nitrogens with zero attached hydrogens (tertiary/aromatic N) is 2. The zero-order valence-electron chi connectivity index (χ0n) is 6.97. The third kappa shape index (κ3) is 2.57. The molecule has 0 spiro atoms. The summed E-state index contributed by atoms with van der Waals surface area (Å²) in [7, 11) is 0. The van der Waals surface area contributed by atoms with Crippen LogP contribution in [0.4, 0.5) is 0 Å². The first kappa shape index (κ1) is 10.3. The summed E-state index contributed by atoms with van der Waals surface area (Å²) in [5, 5.41) is -0.254. The van der Waals surface area contributed by atoms with Gasteiger partial charge in [0.05, 0.1) is 22.7 Å². The fraction of sp³-hybridized carbons (Fsp3) is 0.250. The molecule has 0 fully saturated rings. The minimum absolute atomic E-state index is 0.254. The first-order valence-electron chi connectivity index (χ1n) is 3.66. The van der Waals surface area contributed by atoms with Crippen molar-refractivity contribution in [3.63, 3.8) is 0 Å². The number of carbonyl (C=O) groups excluding carboxylic acids is 1. The van der Waals surface area contributed by atoms with Gasteiger partial charge in [0.15, 0.2) is 5.12 Å². The second-order valence-electron chi connectivity index (χ2n) is 2.51. The van der Waals surface area contributed by atoms with Crippen LogP contribution >= 0.6 is 24.8 Å². The lowest BCUT2D eigenvalue weighted by Gasteiger charge is -2.06. The predicted molar refractivity (Wildman–Crippen MR) is 56.9 cm³/mol. The number of hydrogen-bond acceptors (Lipinski definition) is 4. The van der Waals surface area contributed by atoms with Crippen molar-refractivity contribution in [1.29, 1.82) is 0 Å². The molecule has 0 aliphatic carbocycles. The second-order valence-corrected chi connectivity index (χ2v) is 3.40. The van der Waals surface area contributed by atoms with Crippen LogP contribution in [0.5, 0.6) is 0 Å². The van der Waals surface area contributed by atoms with Crippen molar-refractivity contribution in [2.45, 2.75) is 6.92 Å². The lowest BCUT2D eigenvalue weighted by molar-refractivity contribution is -0.112. The molecule has 1 heterocycles. The van der Waals surface area contributed by atoms with Crippen molar-refractivity contribution in [2.75, 3.05) is 0 Å². The first-order valence-corrected chi connectivity index (χ1v) is 4.51. The molecule has 0 aliphatic rings. The van der Waals surface area contributed by atoms with Crippen molar-refractivity contribution in [1.82, 2.24) is 9.97 Å². The lowest BCUT2D eigenvalue weighted by Crippen LogP contribution is -2.17. The number of rotatable bonds is 3. The van der Waals surface area contributed by atoms with Crippen LogP contribution in [0.2, 0.25) is 0 Å². The minimum Gasteiger partial charge on any atom is -0.287 e. The summed E-state index contributed by atoms with van der Waals surface area (Å²) < 4.78 is 0. The summed E-state index contributed by atoms with van der Waals surface area (Å²) in [6, 6.07) is 0. The summed E-state index contributed by atoms with van der Waals surface area (Å²) in [6.45, 7) is 1.70. The van der Waals surface area contributed by atoms with Crippen LogP contribution in [0.1, 0.15) is 12.6 Å². The minimum atomic E-state index is -0.393. The van der Waals surface area contributed by atoms with E-state index < -0.39 is 5.92 Å². The Labute approximate surface area is 87.0 Å². The molecular weight excluding hydrogens is 204 g/mol. The Morgan fingerprint density at radius 2 is 2.31 bits per heavy atom. The third-order valence-corrected chi connectivity index (χ3v) is 2.53. The van der Waals surface area contributed by atoms with Gasteiger partial charge in [-0.2, -0.15) is 0 Å². The maximum atomic E-state index is 10.9. The highest BCUT2D eigenvalue weighted by atomic mass is 32.1. The summed E-state index contributed by atoms with van der Waals surface area (Å²) in [5.74, 6) is -0.393. The lowest BCUT2D eigenvalue weighted by atomic mass is 10.1. The standard InChI is InChI=1S/C8H8N2OS2/c1-5(8(11)13)7(12)6-4-9-2-3-10-6/h2-5H,1H3,(H,11,13). The Kier molecular flexibility index (Phi) is 3.50. The average Bonchev–Trinajstić information content (AvgIpc) is 2.17. The SMILES string of the molecule is CC(C(=O)S)C(=S)c1cnccn1. The van der Waals surface area contributed by atoms with Crippen molar-refractivity contribution in [2.24, 2.45) is 5.92 Å². The Morgan fingerprint density at radius 3 is 2.77 bits per heavy atom. The molecule has 1 unspecified atom stereocenters. The van der Waals surface area contributed by atoms with Crippen LogP contribution in [-0.2, 0) is 4.79 Å². The van der Waals surface area contributed by atoms with E-state index in [1.54, 1.807) is 13.1 Å². The van der Waals surface area contributed by atoms with Crippen molar-refractivity contribution in [3.05, 3.63) is 24.3 Å². The van der Waals surface area contributed by atoms with Gasteiger partial charge in [0.25, 0.3) is 0 Å². The summed E-state index contributed by atoms with van der Waals surface area (Å²) in [5.41, 5.74) is 0.562. The molecule has 1 aromatic heterocycles. The van der Waals surface area contributed by atoms with Gasteiger partial charge in [0.2, 0.25) is 0 Å². The highest BCUT2D eigenvalue weighted by Gasteiger charge is 2.16. The Bertz CT molecular complexity index is 326. The summed E-state index contributed by atoms with van der Waals surface area (Å²) in [6.07, 6.45) is 4.63. The van der Waals surface area contributed by atoms with Gasteiger partial charge in [-0.05, 0) is 6.92 Å². The van der Waals surface area contributed by atoms with E-state index in [0.717, 1.165) is 0 Å². The van der Waals surface area contributed by atoms with Crippen molar-refractivity contribution >= 4 is 34.8 Å². The van der Waals surface area contributed by atoms with Gasteiger partial charge in [-0.25, -0.2) is 0 Å². The van der Waals surface area contributed by atoms with Gasteiger partial charge in [-0.1, -0.05) is 12.2 Å². The molecule has 13 heavy (non-hydrogen) atoms. The van der Waals surface area contributed by atoms with Crippen LogP contribution in [0.15, 0.2) is 18.6 Å². The van der Waals surface area contributed by atoms with Crippen molar-refractivity contribution in [3.8, 4) is 0 Å². The highest BCUT2D eigenvalue weighted by molar-refractivity contribution is 7.97. The Balaban J connectivity index is 2.86. The van der Waals surface area contributed by atoms with E-state index >= 15 is 0 Å². The molecule has 0 aliphatic heterocycles. The van der Waals surface area contributed by atoms with Gasteiger partial charge in [0.1, 0.15) is 0 Å². The highest BCUT2D eigenvalue weighted by Crippen LogP contribution is 2.09. The molecule has 68 valence electrons. The van der Waals surface area contributed by atoms with E-state index in [9.17, 15) is 4.79 Å². The van der Waals surface area contributed by atoms with Crippen LogP contribution in [0.3, 0.4) is 0 Å². The Hall–Kier alpha value is -0.810. The molecule has 0 saturated heterocycles. The fourth-order valence-corrected chi connectivity index (χ4v) is 1.19. The molecule has 0 aromatic carbocycles. The molecule has 3 nitrogen and oxygen atoms in total. The van der Waals surface area contributed by atoms with E-state index in [2.05, 4.69) is 22.6 Å². The molecule has 1 aromatic rings. The van der Waals surface area contributed by atoms with Crippen LogP contribution < -0.4 is 0 Å². The zero-order valence-corrected chi connectivity index (χ0v) is 8.68. The van der Waals surface area contributed by atoms with Crippen LogP contribution in [0.25, 0.3) is 0 Å². The number of thiocarbonyl (C=S) groups is 1. The molecule has 1 rings (SSSR count). The van der Waals surface area contributed by atoms with Crippen LogP contribution in [0, 0.1) is 5.92 Å². The smallest absolute Gasteiger partial charge is 0.194 e. The van der Waals surface area contributed by atoms with Crippen LogP contribution in [-0.4, -0.2) is 19.9 Å². The van der Waals surface area contributed by atoms with Gasteiger partial charge in [0, 0.05) is 12.4 Å². The third-order valence-electron chi connectivity index (χ3n) is 1.58. The summed E-state index contributed by atoms with van der Waals surface area (Å²) >= 11 is 8.76. The average molecular weight is 212 g/mol. The molecule has 5 heteroatoms. The normalized spacial score (nSPS) is 12.2. The molecule has 0 radical (unpaired) electrons. The van der Waals surface area contributed by atoms with Gasteiger partial charge in [-0.15, -0.1) is 12.6 Å².